The molecule has 0 bridgehead atoms. The molecule has 100 valence electrons. The van der Waals surface area contributed by atoms with Crippen molar-refractivity contribution in [1.29, 1.82) is 0 Å². The number of carboxylic acids is 1. The summed E-state index contributed by atoms with van der Waals surface area (Å²) in [6.45, 7) is 0.699. The van der Waals surface area contributed by atoms with Gasteiger partial charge in [-0.25, -0.2) is 4.79 Å². The summed E-state index contributed by atoms with van der Waals surface area (Å²) >= 11 is 3.23. The number of rotatable bonds is 3. The van der Waals surface area contributed by atoms with Crippen molar-refractivity contribution in [3.63, 3.8) is 0 Å². The number of hydrogen-bond donors (Lipinski definition) is 2. The number of anilines is 1. The number of ether oxygens (including phenoxy) is 2. The molecule has 1 aromatic carbocycles. The average molecular weight is 328 g/mol. The Kier molecular flexibility index (Phi) is 4.06. The van der Waals surface area contributed by atoms with E-state index in [-0.39, 0.29) is 11.3 Å². The van der Waals surface area contributed by atoms with Gasteiger partial charge in [-0.2, -0.15) is 0 Å². The number of nitrogens with one attached hydrogen (secondary N) is 1. The highest BCUT2D eigenvalue weighted by Crippen LogP contribution is 2.24. The smallest absolute Gasteiger partial charge is 0.335 e. The maximum absolute atomic E-state index is 11.8. The summed E-state index contributed by atoms with van der Waals surface area (Å²) < 4.78 is 10.7. The van der Waals surface area contributed by atoms with Crippen LogP contribution in [0.15, 0.2) is 34.7 Å². The molecule has 0 aliphatic carbocycles. The summed E-state index contributed by atoms with van der Waals surface area (Å²) in [5.41, 5.74) is 0.424. The van der Waals surface area contributed by atoms with Gasteiger partial charge in [-0.3, -0.25) is 4.79 Å². The first-order valence-corrected chi connectivity index (χ1v) is 6.16. The molecule has 0 atom stereocenters. The number of amides is 1. The van der Waals surface area contributed by atoms with Crippen molar-refractivity contribution >= 4 is 33.5 Å². The molecule has 2 rings (SSSR count). The normalized spacial score (nSPS) is 13.8. The van der Waals surface area contributed by atoms with Crippen LogP contribution in [0, 0.1) is 0 Å². The third kappa shape index (κ3) is 3.25. The van der Waals surface area contributed by atoms with E-state index in [1.807, 2.05) is 0 Å². The minimum Gasteiger partial charge on any atom is -0.494 e. The van der Waals surface area contributed by atoms with Gasteiger partial charge in [-0.1, -0.05) is 0 Å². The second-order valence-corrected chi connectivity index (χ2v) is 4.51. The van der Waals surface area contributed by atoms with Gasteiger partial charge in [0, 0.05) is 4.47 Å². The third-order valence-corrected chi connectivity index (χ3v) is 3.03. The van der Waals surface area contributed by atoms with Crippen molar-refractivity contribution in [1.82, 2.24) is 0 Å². The number of halogens is 1. The molecule has 0 fully saturated rings. The molecule has 0 saturated heterocycles. The van der Waals surface area contributed by atoms with Crippen LogP contribution in [0.3, 0.4) is 0 Å². The van der Waals surface area contributed by atoms with Gasteiger partial charge >= 0.3 is 5.97 Å². The summed E-state index contributed by atoms with van der Waals surface area (Å²) in [5.74, 6) is -1.51. The van der Waals surface area contributed by atoms with E-state index in [9.17, 15) is 9.59 Å². The second-order valence-electron chi connectivity index (χ2n) is 3.66. The van der Waals surface area contributed by atoms with E-state index in [4.69, 9.17) is 14.6 Å². The predicted molar refractivity (Wildman–Crippen MR) is 69.7 cm³/mol. The van der Waals surface area contributed by atoms with Crippen molar-refractivity contribution in [2.45, 2.75) is 0 Å². The van der Waals surface area contributed by atoms with Gasteiger partial charge in [0.05, 0.1) is 11.3 Å². The van der Waals surface area contributed by atoms with Crippen molar-refractivity contribution in [3.8, 4) is 0 Å². The van der Waals surface area contributed by atoms with Gasteiger partial charge in [0.2, 0.25) is 5.76 Å². The molecule has 0 saturated carbocycles. The molecule has 1 aliphatic rings. The van der Waals surface area contributed by atoms with Gasteiger partial charge in [0.25, 0.3) is 5.91 Å². The van der Waals surface area contributed by atoms with Crippen molar-refractivity contribution in [2.75, 3.05) is 18.5 Å². The van der Waals surface area contributed by atoms with Crippen LogP contribution in [0.2, 0.25) is 0 Å². The van der Waals surface area contributed by atoms with Crippen LogP contribution in [0.4, 0.5) is 5.69 Å². The van der Waals surface area contributed by atoms with Crippen LogP contribution in [-0.4, -0.2) is 30.2 Å². The first kappa shape index (κ1) is 13.4. The van der Waals surface area contributed by atoms with Crippen LogP contribution in [0.1, 0.15) is 10.4 Å². The predicted octanol–water partition coefficient (Wildman–Crippen LogP) is 1.97. The lowest BCUT2D eigenvalue weighted by atomic mass is 10.2. The van der Waals surface area contributed by atoms with E-state index in [1.165, 1.54) is 18.4 Å². The van der Waals surface area contributed by atoms with E-state index >= 15 is 0 Å². The van der Waals surface area contributed by atoms with Crippen molar-refractivity contribution in [3.05, 3.63) is 40.3 Å². The zero-order chi connectivity index (χ0) is 13.8. The largest absolute Gasteiger partial charge is 0.494 e. The van der Waals surface area contributed by atoms with E-state index in [1.54, 1.807) is 6.07 Å². The maximum Gasteiger partial charge on any atom is 0.335 e. The fourth-order valence-electron chi connectivity index (χ4n) is 1.43. The molecule has 2 N–H and O–H groups in total. The zero-order valence-corrected chi connectivity index (χ0v) is 11.3. The number of carbonyl (C=O) groups is 2. The van der Waals surface area contributed by atoms with Crippen LogP contribution < -0.4 is 5.32 Å². The van der Waals surface area contributed by atoms with Crippen molar-refractivity contribution < 1.29 is 24.2 Å². The number of aromatic carboxylic acids is 1. The summed E-state index contributed by atoms with van der Waals surface area (Å²) in [5, 5.41) is 11.5. The monoisotopic (exact) mass is 327 g/mol. The Hall–Kier alpha value is -2.02. The summed E-state index contributed by atoms with van der Waals surface area (Å²) in [6, 6.07) is 4.34. The highest BCUT2D eigenvalue weighted by molar-refractivity contribution is 9.10. The summed E-state index contributed by atoms with van der Waals surface area (Å²) in [4.78, 5) is 22.7. The molecule has 1 amide bonds. The Balaban J connectivity index is 2.18. The zero-order valence-electron chi connectivity index (χ0n) is 9.68. The van der Waals surface area contributed by atoms with Gasteiger partial charge in [0.15, 0.2) is 0 Å². The lowest BCUT2D eigenvalue weighted by Crippen LogP contribution is -2.21. The fourth-order valence-corrected chi connectivity index (χ4v) is 1.77. The number of carboxylic acid groups (broad SMARTS) is 1. The molecule has 1 aliphatic heterocycles. The molecule has 6 nitrogen and oxygen atoms in total. The first-order valence-electron chi connectivity index (χ1n) is 5.36. The Labute approximate surface area is 117 Å². The molecule has 0 radical (unpaired) electrons. The van der Waals surface area contributed by atoms with E-state index in [2.05, 4.69) is 21.2 Å². The summed E-state index contributed by atoms with van der Waals surface area (Å²) in [7, 11) is 0. The molecular weight excluding hydrogens is 318 g/mol. The molecule has 0 aromatic heterocycles. The fraction of sp³-hybridized carbons (Fsp3) is 0.167. The summed E-state index contributed by atoms with van der Waals surface area (Å²) in [6.07, 6.45) is 1.23. The lowest BCUT2D eigenvalue weighted by Gasteiger charge is -2.15. The van der Waals surface area contributed by atoms with E-state index in [0.717, 1.165) is 0 Å². The molecular formula is C12H10BrNO5. The van der Waals surface area contributed by atoms with Crippen LogP contribution >= 0.6 is 15.9 Å². The van der Waals surface area contributed by atoms with Crippen molar-refractivity contribution in [2.24, 2.45) is 0 Å². The van der Waals surface area contributed by atoms with Crippen LogP contribution in [0.5, 0.6) is 0 Å². The third-order valence-electron chi connectivity index (χ3n) is 2.33. The molecule has 0 unspecified atom stereocenters. The Morgan fingerprint density at radius 1 is 1.32 bits per heavy atom. The molecule has 1 heterocycles. The molecule has 1 aromatic rings. The number of hydrogen-bond acceptors (Lipinski definition) is 4. The highest BCUT2D eigenvalue weighted by Gasteiger charge is 2.17. The first-order chi connectivity index (χ1) is 9.08. The minimum absolute atomic E-state index is 0.0545. The second kappa shape index (κ2) is 5.75. The van der Waals surface area contributed by atoms with Gasteiger partial charge < -0.3 is 19.9 Å². The number of benzene rings is 1. The van der Waals surface area contributed by atoms with E-state index in [0.29, 0.717) is 23.4 Å². The minimum atomic E-state index is -1.07. The van der Waals surface area contributed by atoms with Gasteiger partial charge in [-0.15, -0.1) is 0 Å². The Bertz CT molecular complexity index is 555. The van der Waals surface area contributed by atoms with Gasteiger partial charge in [-0.05, 0) is 34.1 Å². The molecule has 7 heteroatoms. The van der Waals surface area contributed by atoms with E-state index < -0.39 is 11.9 Å². The average Bonchev–Trinajstić information content (AvgIpc) is 2.42. The maximum atomic E-state index is 11.8. The standard InChI is InChI=1S/C12H10BrNO5/c13-8-2-1-7(12(16)17)5-9(8)14-11(15)10-6-18-3-4-19-10/h1-2,5-6H,3-4H2,(H,14,15)(H,16,17). The molecule has 19 heavy (non-hydrogen) atoms. The lowest BCUT2D eigenvalue weighted by molar-refractivity contribution is -0.117. The SMILES string of the molecule is O=C(Nc1cc(C(=O)O)ccc1Br)C1=COCCO1. The molecule has 0 spiro atoms. The highest BCUT2D eigenvalue weighted by atomic mass is 79.9. The Morgan fingerprint density at radius 3 is 2.74 bits per heavy atom. The topological polar surface area (TPSA) is 84.9 Å². The van der Waals surface area contributed by atoms with Gasteiger partial charge in [0.1, 0.15) is 19.5 Å². The van der Waals surface area contributed by atoms with Crippen LogP contribution in [-0.2, 0) is 14.3 Å². The quantitative estimate of drug-likeness (QED) is 0.886. The number of carbonyl (C=O) groups excluding carboxylic acids is 1. The van der Waals surface area contributed by atoms with Crippen LogP contribution in [0.25, 0.3) is 0 Å². The Morgan fingerprint density at radius 2 is 2.11 bits per heavy atom.